The summed E-state index contributed by atoms with van der Waals surface area (Å²) in [5.74, 6) is 0.228. The Kier molecular flexibility index (Phi) is 7.81. The molecule has 0 unspecified atom stereocenters. The van der Waals surface area contributed by atoms with Crippen molar-refractivity contribution < 1.29 is 18.7 Å². The van der Waals surface area contributed by atoms with Crippen molar-refractivity contribution in [2.24, 2.45) is 0 Å². The normalized spacial score (nSPS) is 14.1. The number of carbonyl (C=O) groups is 2. The summed E-state index contributed by atoms with van der Waals surface area (Å²) in [6, 6.07) is 13.3. The van der Waals surface area contributed by atoms with E-state index in [1.807, 2.05) is 29.2 Å². The molecule has 34 heavy (non-hydrogen) atoms. The maximum atomic E-state index is 13.0. The fraction of sp³-hybridized carbons (Fsp3) is 0.333. The maximum absolute atomic E-state index is 13.0. The van der Waals surface area contributed by atoms with E-state index in [9.17, 15) is 14.0 Å². The Bertz CT molecular complexity index is 1110. The SMILES string of the molecule is COc1ccc(CCC(=O)N2CCN(Cc3nnc(C(=O)Nc4ccc(F)cc4)s3)CC2)cc1. The molecule has 1 aromatic heterocycles. The Labute approximate surface area is 201 Å². The maximum Gasteiger partial charge on any atom is 0.286 e. The standard InChI is InChI=1S/C24H26FN5O3S/c1-33-20-9-2-17(3-10-20)4-11-22(31)30-14-12-29(13-15-30)16-21-27-28-24(34-21)23(32)26-19-7-5-18(25)6-8-19/h2-3,5-10H,4,11-16H2,1H3,(H,26,32). The van der Waals surface area contributed by atoms with Crippen LogP contribution in [0.2, 0.25) is 0 Å². The minimum Gasteiger partial charge on any atom is -0.497 e. The van der Waals surface area contributed by atoms with E-state index >= 15 is 0 Å². The summed E-state index contributed by atoms with van der Waals surface area (Å²) in [7, 11) is 1.63. The number of anilines is 1. The number of aromatic nitrogens is 2. The number of piperazine rings is 1. The average Bonchev–Trinajstić information content (AvgIpc) is 3.33. The van der Waals surface area contributed by atoms with Crippen molar-refractivity contribution in [1.29, 1.82) is 0 Å². The molecule has 1 N–H and O–H groups in total. The number of hydrogen-bond acceptors (Lipinski definition) is 7. The van der Waals surface area contributed by atoms with Crippen molar-refractivity contribution in [2.75, 3.05) is 38.6 Å². The summed E-state index contributed by atoms with van der Waals surface area (Å²) in [4.78, 5) is 29.1. The number of amides is 2. The first kappa shape index (κ1) is 23.8. The number of rotatable bonds is 8. The number of benzene rings is 2. The van der Waals surface area contributed by atoms with Gasteiger partial charge in [-0.25, -0.2) is 4.39 Å². The van der Waals surface area contributed by atoms with Crippen LogP contribution in [-0.4, -0.2) is 65.1 Å². The van der Waals surface area contributed by atoms with Gasteiger partial charge in [-0.3, -0.25) is 14.5 Å². The first-order valence-electron chi connectivity index (χ1n) is 11.0. The van der Waals surface area contributed by atoms with Crippen LogP contribution in [0.1, 0.15) is 26.8 Å². The lowest BCUT2D eigenvalue weighted by Crippen LogP contribution is -2.48. The topological polar surface area (TPSA) is 87.7 Å². The molecular formula is C24H26FN5O3S. The zero-order valence-electron chi connectivity index (χ0n) is 18.9. The van der Waals surface area contributed by atoms with Gasteiger partial charge in [-0.05, 0) is 48.4 Å². The third kappa shape index (κ3) is 6.36. The monoisotopic (exact) mass is 483 g/mol. The molecule has 10 heteroatoms. The highest BCUT2D eigenvalue weighted by molar-refractivity contribution is 7.13. The van der Waals surface area contributed by atoms with Gasteiger partial charge < -0.3 is 15.0 Å². The summed E-state index contributed by atoms with van der Waals surface area (Å²) in [6.07, 6.45) is 1.19. The van der Waals surface area contributed by atoms with Crippen molar-refractivity contribution in [2.45, 2.75) is 19.4 Å². The van der Waals surface area contributed by atoms with Crippen LogP contribution in [0.15, 0.2) is 48.5 Å². The van der Waals surface area contributed by atoms with Crippen molar-refractivity contribution in [3.8, 4) is 5.75 Å². The number of halogens is 1. The Hall–Kier alpha value is -3.37. The highest BCUT2D eigenvalue weighted by Crippen LogP contribution is 2.17. The van der Waals surface area contributed by atoms with Gasteiger partial charge in [0.25, 0.3) is 5.91 Å². The van der Waals surface area contributed by atoms with E-state index in [0.717, 1.165) is 29.4 Å². The van der Waals surface area contributed by atoms with E-state index in [-0.39, 0.29) is 22.6 Å². The average molecular weight is 484 g/mol. The van der Waals surface area contributed by atoms with Gasteiger partial charge in [0.05, 0.1) is 13.7 Å². The number of nitrogens with one attached hydrogen (secondary N) is 1. The highest BCUT2D eigenvalue weighted by Gasteiger charge is 2.22. The number of methoxy groups -OCH3 is 1. The molecule has 4 rings (SSSR count). The fourth-order valence-corrected chi connectivity index (χ4v) is 4.45. The Morgan fingerprint density at radius 2 is 1.74 bits per heavy atom. The molecule has 0 atom stereocenters. The van der Waals surface area contributed by atoms with Crippen LogP contribution in [0.4, 0.5) is 10.1 Å². The van der Waals surface area contributed by atoms with E-state index in [0.29, 0.717) is 38.2 Å². The van der Waals surface area contributed by atoms with Crippen LogP contribution in [-0.2, 0) is 17.8 Å². The van der Waals surface area contributed by atoms with Crippen LogP contribution in [0.5, 0.6) is 5.75 Å². The Morgan fingerprint density at radius 3 is 2.41 bits per heavy atom. The lowest BCUT2D eigenvalue weighted by atomic mass is 10.1. The zero-order valence-corrected chi connectivity index (χ0v) is 19.7. The smallest absolute Gasteiger partial charge is 0.286 e. The second kappa shape index (κ2) is 11.2. The minimum absolute atomic E-state index is 0.158. The third-order valence-corrected chi connectivity index (χ3v) is 6.54. The van der Waals surface area contributed by atoms with Crippen LogP contribution in [0.3, 0.4) is 0 Å². The second-order valence-electron chi connectivity index (χ2n) is 7.97. The zero-order chi connectivity index (χ0) is 23.9. The summed E-state index contributed by atoms with van der Waals surface area (Å²) < 4.78 is 18.2. The van der Waals surface area contributed by atoms with E-state index < -0.39 is 0 Å². The fourth-order valence-electron chi connectivity index (χ4n) is 3.68. The van der Waals surface area contributed by atoms with Gasteiger partial charge in [-0.15, -0.1) is 10.2 Å². The van der Waals surface area contributed by atoms with Gasteiger partial charge in [0.15, 0.2) is 0 Å². The summed E-state index contributed by atoms with van der Waals surface area (Å²) in [6.45, 7) is 3.39. The van der Waals surface area contributed by atoms with Gasteiger partial charge in [-0.1, -0.05) is 23.5 Å². The molecule has 1 fully saturated rings. The number of carbonyl (C=O) groups excluding carboxylic acids is 2. The molecule has 8 nitrogen and oxygen atoms in total. The molecule has 2 heterocycles. The predicted octanol–water partition coefficient (Wildman–Crippen LogP) is 3.22. The van der Waals surface area contributed by atoms with E-state index in [4.69, 9.17) is 4.74 Å². The number of ether oxygens (including phenoxy) is 1. The van der Waals surface area contributed by atoms with Crippen molar-refractivity contribution in [3.05, 3.63) is 69.9 Å². The molecule has 0 saturated carbocycles. The van der Waals surface area contributed by atoms with Gasteiger partial charge in [0.2, 0.25) is 10.9 Å². The van der Waals surface area contributed by atoms with Crippen LogP contribution in [0, 0.1) is 5.82 Å². The van der Waals surface area contributed by atoms with E-state index in [1.165, 1.54) is 35.6 Å². The molecule has 2 aromatic carbocycles. The minimum atomic E-state index is -0.373. The first-order chi connectivity index (χ1) is 16.5. The molecule has 3 aromatic rings. The molecule has 1 saturated heterocycles. The second-order valence-corrected chi connectivity index (χ2v) is 9.03. The van der Waals surface area contributed by atoms with Crippen LogP contribution < -0.4 is 10.1 Å². The molecule has 0 aliphatic carbocycles. The molecule has 1 aliphatic rings. The summed E-state index contributed by atoms with van der Waals surface area (Å²) in [5, 5.41) is 11.8. The molecule has 178 valence electrons. The number of nitrogens with zero attached hydrogens (tertiary/aromatic N) is 4. The quantitative estimate of drug-likeness (QED) is 0.529. The van der Waals surface area contributed by atoms with Gasteiger partial charge in [0.1, 0.15) is 16.6 Å². The largest absolute Gasteiger partial charge is 0.497 e. The molecule has 2 amide bonds. The number of aryl methyl sites for hydroxylation is 1. The summed E-state index contributed by atoms with van der Waals surface area (Å²) >= 11 is 1.23. The van der Waals surface area contributed by atoms with Gasteiger partial charge in [0, 0.05) is 38.3 Å². The first-order valence-corrected chi connectivity index (χ1v) is 11.8. The van der Waals surface area contributed by atoms with Gasteiger partial charge >= 0.3 is 0 Å². The van der Waals surface area contributed by atoms with E-state index in [2.05, 4.69) is 20.4 Å². The van der Waals surface area contributed by atoms with Crippen molar-refractivity contribution in [3.63, 3.8) is 0 Å². The van der Waals surface area contributed by atoms with Gasteiger partial charge in [-0.2, -0.15) is 0 Å². The van der Waals surface area contributed by atoms with Crippen LogP contribution in [0.25, 0.3) is 0 Å². The lowest BCUT2D eigenvalue weighted by Gasteiger charge is -2.34. The molecular weight excluding hydrogens is 457 g/mol. The lowest BCUT2D eigenvalue weighted by molar-refractivity contribution is -0.133. The van der Waals surface area contributed by atoms with Crippen molar-refractivity contribution >= 4 is 28.8 Å². The van der Waals surface area contributed by atoms with Crippen molar-refractivity contribution in [1.82, 2.24) is 20.0 Å². The molecule has 0 spiro atoms. The molecule has 0 radical (unpaired) electrons. The van der Waals surface area contributed by atoms with Crippen LogP contribution >= 0.6 is 11.3 Å². The molecule has 1 aliphatic heterocycles. The Morgan fingerprint density at radius 1 is 1.03 bits per heavy atom. The third-order valence-electron chi connectivity index (χ3n) is 5.63. The summed E-state index contributed by atoms with van der Waals surface area (Å²) in [5.41, 5.74) is 1.61. The number of hydrogen-bond donors (Lipinski definition) is 1. The Balaban J connectivity index is 1.21. The predicted molar refractivity (Wildman–Crippen MR) is 127 cm³/mol. The van der Waals surface area contributed by atoms with E-state index in [1.54, 1.807) is 7.11 Å². The highest BCUT2D eigenvalue weighted by atomic mass is 32.1. The molecule has 0 bridgehead atoms.